The first-order valence-electron chi connectivity index (χ1n) is 5.47. The zero-order chi connectivity index (χ0) is 13.0. The highest BCUT2D eigenvalue weighted by Crippen LogP contribution is 2.12. The second kappa shape index (κ2) is 5.82. The number of carbonyl (C=O) groups is 1. The van der Waals surface area contributed by atoms with Gasteiger partial charge >= 0.3 is 0 Å². The van der Waals surface area contributed by atoms with E-state index in [2.05, 4.69) is 10.3 Å². The highest BCUT2D eigenvalue weighted by Gasteiger charge is 2.12. The summed E-state index contributed by atoms with van der Waals surface area (Å²) in [5.74, 6) is 0.0996. The summed E-state index contributed by atoms with van der Waals surface area (Å²) in [6.07, 6.45) is 0.874. The summed E-state index contributed by atoms with van der Waals surface area (Å²) in [6, 6.07) is 0. The van der Waals surface area contributed by atoms with E-state index >= 15 is 0 Å². The number of nitrogens with zero attached hydrogens (tertiary/aromatic N) is 2. The van der Waals surface area contributed by atoms with Crippen LogP contribution in [0.2, 0.25) is 5.15 Å². The molecule has 0 spiro atoms. The average Bonchev–Trinajstić information content (AvgIpc) is 2.27. The lowest BCUT2D eigenvalue weighted by Crippen LogP contribution is -2.29. The molecule has 0 bridgehead atoms. The maximum atomic E-state index is 12.0. The molecule has 1 N–H and O–H groups in total. The Kier molecular flexibility index (Phi) is 4.69. The van der Waals surface area contributed by atoms with Crippen LogP contribution in [0.25, 0.3) is 0 Å². The molecule has 1 rings (SSSR count). The van der Waals surface area contributed by atoms with Crippen LogP contribution in [0.5, 0.6) is 0 Å². The lowest BCUT2D eigenvalue weighted by Gasteiger charge is -2.12. The third kappa shape index (κ3) is 3.30. The van der Waals surface area contributed by atoms with Gasteiger partial charge in [-0.15, -0.1) is 0 Å². The molecule has 0 saturated heterocycles. The van der Waals surface area contributed by atoms with Crippen molar-refractivity contribution in [2.75, 3.05) is 11.9 Å². The third-order valence-corrected chi connectivity index (χ3v) is 2.64. The molecule has 0 aliphatic carbocycles. The van der Waals surface area contributed by atoms with Gasteiger partial charge in [0.25, 0.3) is 5.56 Å². The molecule has 5 nitrogen and oxygen atoms in total. The fourth-order valence-corrected chi connectivity index (χ4v) is 1.58. The van der Waals surface area contributed by atoms with E-state index < -0.39 is 0 Å². The number of ketones is 1. The number of aromatic nitrogens is 2. The van der Waals surface area contributed by atoms with E-state index in [9.17, 15) is 9.59 Å². The molecular formula is C11H16ClN3O2. The van der Waals surface area contributed by atoms with Gasteiger partial charge in [0, 0.05) is 6.54 Å². The number of Topliss-reactive ketones (excluding diaryl/α,β-unsaturated/α-hetero) is 1. The second-order valence-electron chi connectivity index (χ2n) is 3.86. The monoisotopic (exact) mass is 257 g/mol. The standard InChI is InChI=1S/C11H16ClN3O2/c1-4-5-13-10-11(17)15(6-7(2)16)8(3)9(12)14-10/h4-6H2,1-3H3,(H,13,14). The van der Waals surface area contributed by atoms with E-state index in [-0.39, 0.29) is 28.9 Å². The normalized spacial score (nSPS) is 10.4. The number of hydrogen-bond donors (Lipinski definition) is 1. The van der Waals surface area contributed by atoms with Crippen LogP contribution >= 0.6 is 11.6 Å². The molecule has 1 aromatic rings. The number of carbonyl (C=O) groups excluding carboxylic acids is 1. The highest BCUT2D eigenvalue weighted by molar-refractivity contribution is 6.30. The fraction of sp³-hybridized carbons (Fsp3) is 0.545. The Labute approximate surface area is 105 Å². The zero-order valence-electron chi connectivity index (χ0n) is 10.2. The minimum absolute atomic E-state index is 0.0215. The van der Waals surface area contributed by atoms with Crippen LogP contribution < -0.4 is 10.9 Å². The first-order valence-corrected chi connectivity index (χ1v) is 5.85. The fourth-order valence-electron chi connectivity index (χ4n) is 1.39. The molecule has 1 heterocycles. The Bertz CT molecular complexity index is 482. The summed E-state index contributed by atoms with van der Waals surface area (Å²) in [5.41, 5.74) is 0.199. The second-order valence-corrected chi connectivity index (χ2v) is 4.21. The molecule has 6 heteroatoms. The number of anilines is 1. The number of nitrogens with one attached hydrogen (secondary N) is 1. The van der Waals surface area contributed by atoms with Gasteiger partial charge in [-0.3, -0.25) is 14.2 Å². The van der Waals surface area contributed by atoms with Gasteiger partial charge in [0.2, 0.25) is 0 Å². The molecule has 0 amide bonds. The Morgan fingerprint density at radius 3 is 2.71 bits per heavy atom. The predicted octanol–water partition coefficient (Wildman–Crippen LogP) is 1.62. The van der Waals surface area contributed by atoms with Crippen LogP contribution in [0.15, 0.2) is 4.79 Å². The van der Waals surface area contributed by atoms with Crippen molar-refractivity contribution in [2.45, 2.75) is 33.7 Å². The van der Waals surface area contributed by atoms with Crippen molar-refractivity contribution in [3.05, 3.63) is 21.2 Å². The first kappa shape index (κ1) is 13.7. The minimum atomic E-state index is -0.310. The van der Waals surface area contributed by atoms with Gasteiger partial charge < -0.3 is 5.32 Å². The third-order valence-electron chi connectivity index (χ3n) is 2.28. The largest absolute Gasteiger partial charge is 0.365 e. The topological polar surface area (TPSA) is 64.0 Å². The van der Waals surface area contributed by atoms with E-state index in [1.54, 1.807) is 6.92 Å². The maximum Gasteiger partial charge on any atom is 0.294 e. The smallest absolute Gasteiger partial charge is 0.294 e. The first-order chi connectivity index (χ1) is 7.97. The van der Waals surface area contributed by atoms with Crippen LogP contribution in [0.3, 0.4) is 0 Å². The molecule has 94 valence electrons. The van der Waals surface area contributed by atoms with E-state index in [4.69, 9.17) is 11.6 Å². The van der Waals surface area contributed by atoms with Crippen molar-refractivity contribution >= 4 is 23.2 Å². The predicted molar refractivity (Wildman–Crippen MR) is 67.7 cm³/mol. The summed E-state index contributed by atoms with van der Waals surface area (Å²) < 4.78 is 1.34. The molecule has 0 fully saturated rings. The molecule has 0 atom stereocenters. The van der Waals surface area contributed by atoms with Gasteiger partial charge in [-0.1, -0.05) is 18.5 Å². The van der Waals surface area contributed by atoms with E-state index in [0.717, 1.165) is 6.42 Å². The van der Waals surface area contributed by atoms with Gasteiger partial charge in [0.05, 0.1) is 12.2 Å². The van der Waals surface area contributed by atoms with E-state index in [0.29, 0.717) is 12.2 Å². The van der Waals surface area contributed by atoms with Crippen LogP contribution in [-0.4, -0.2) is 21.9 Å². The Morgan fingerprint density at radius 1 is 1.53 bits per heavy atom. The van der Waals surface area contributed by atoms with Crippen molar-refractivity contribution in [3.63, 3.8) is 0 Å². The Hall–Kier alpha value is -1.36. The van der Waals surface area contributed by atoms with E-state index in [1.165, 1.54) is 11.5 Å². The molecule has 17 heavy (non-hydrogen) atoms. The average molecular weight is 258 g/mol. The molecular weight excluding hydrogens is 242 g/mol. The van der Waals surface area contributed by atoms with Gasteiger partial charge in [-0.2, -0.15) is 0 Å². The molecule has 0 aromatic carbocycles. The van der Waals surface area contributed by atoms with Crippen LogP contribution in [-0.2, 0) is 11.3 Å². The molecule has 1 aromatic heterocycles. The highest BCUT2D eigenvalue weighted by atomic mass is 35.5. The lowest BCUT2D eigenvalue weighted by molar-refractivity contribution is -0.117. The van der Waals surface area contributed by atoms with Crippen LogP contribution in [0.4, 0.5) is 5.82 Å². The van der Waals surface area contributed by atoms with Crippen LogP contribution in [0.1, 0.15) is 26.0 Å². The molecule has 0 saturated carbocycles. The Morgan fingerprint density at radius 2 is 2.18 bits per heavy atom. The zero-order valence-corrected chi connectivity index (χ0v) is 11.0. The van der Waals surface area contributed by atoms with Crippen molar-refractivity contribution in [3.8, 4) is 0 Å². The van der Waals surface area contributed by atoms with E-state index in [1.807, 2.05) is 6.92 Å². The minimum Gasteiger partial charge on any atom is -0.365 e. The van der Waals surface area contributed by atoms with Crippen LogP contribution in [0, 0.1) is 6.92 Å². The summed E-state index contributed by atoms with van der Waals surface area (Å²) in [4.78, 5) is 27.1. The summed E-state index contributed by atoms with van der Waals surface area (Å²) in [6.45, 7) is 5.74. The van der Waals surface area contributed by atoms with Gasteiger partial charge in [-0.05, 0) is 20.3 Å². The summed E-state index contributed by atoms with van der Waals surface area (Å²) in [5, 5.41) is 3.14. The molecule has 0 aliphatic rings. The van der Waals surface area contributed by atoms with Gasteiger partial charge in [-0.25, -0.2) is 4.98 Å². The van der Waals surface area contributed by atoms with Gasteiger partial charge in [0.15, 0.2) is 11.0 Å². The Balaban J connectivity index is 3.22. The summed E-state index contributed by atoms with van der Waals surface area (Å²) >= 11 is 5.93. The SMILES string of the molecule is CCCNc1nc(Cl)c(C)n(CC(C)=O)c1=O. The number of hydrogen-bond acceptors (Lipinski definition) is 4. The number of halogens is 1. The molecule has 0 unspecified atom stereocenters. The maximum absolute atomic E-state index is 12.0. The number of rotatable bonds is 5. The summed E-state index contributed by atoms with van der Waals surface area (Å²) in [7, 11) is 0. The molecule has 0 radical (unpaired) electrons. The van der Waals surface area contributed by atoms with Gasteiger partial charge in [0.1, 0.15) is 5.78 Å². The van der Waals surface area contributed by atoms with Crippen molar-refractivity contribution in [2.24, 2.45) is 0 Å². The molecule has 0 aliphatic heterocycles. The van der Waals surface area contributed by atoms with Crippen molar-refractivity contribution < 1.29 is 4.79 Å². The van der Waals surface area contributed by atoms with Crippen molar-refractivity contribution in [1.82, 2.24) is 9.55 Å². The lowest BCUT2D eigenvalue weighted by atomic mass is 10.3. The van der Waals surface area contributed by atoms with Crippen molar-refractivity contribution in [1.29, 1.82) is 0 Å². The quantitative estimate of drug-likeness (QED) is 0.871.